The van der Waals surface area contributed by atoms with Gasteiger partial charge in [0.05, 0.1) is 6.04 Å². The highest BCUT2D eigenvalue weighted by Crippen LogP contribution is 2.14. The molecule has 2 amide bonds. The zero-order valence-electron chi connectivity index (χ0n) is 11.7. The van der Waals surface area contributed by atoms with Crippen LogP contribution in [0.2, 0.25) is 5.02 Å². The Balaban J connectivity index is 1.91. The number of likely N-dealkylation sites (N-methyl/N-ethyl adjacent to an activating group) is 1. The normalized spacial score (nSPS) is 21.1. The van der Waals surface area contributed by atoms with E-state index in [4.69, 9.17) is 11.6 Å². The Morgan fingerprint density at radius 3 is 2.65 bits per heavy atom. The van der Waals surface area contributed by atoms with Gasteiger partial charge in [-0.2, -0.15) is 0 Å². The van der Waals surface area contributed by atoms with E-state index in [1.807, 2.05) is 31.2 Å². The van der Waals surface area contributed by atoms with Crippen molar-refractivity contribution in [1.29, 1.82) is 0 Å². The monoisotopic (exact) mass is 294 g/mol. The summed E-state index contributed by atoms with van der Waals surface area (Å²) in [6.07, 6.45) is 1.82. The van der Waals surface area contributed by atoms with Crippen molar-refractivity contribution in [3.63, 3.8) is 0 Å². The minimum absolute atomic E-state index is 0.0987. The Bertz CT molecular complexity index is 501. The van der Waals surface area contributed by atoms with Crippen molar-refractivity contribution in [3.05, 3.63) is 34.9 Å². The summed E-state index contributed by atoms with van der Waals surface area (Å²) in [4.78, 5) is 24.6. The average molecular weight is 295 g/mol. The van der Waals surface area contributed by atoms with E-state index < -0.39 is 0 Å². The highest BCUT2D eigenvalue weighted by atomic mass is 35.5. The molecule has 0 bridgehead atoms. The van der Waals surface area contributed by atoms with Crippen LogP contribution in [-0.2, 0) is 16.0 Å². The zero-order valence-corrected chi connectivity index (χ0v) is 12.5. The molecule has 2 rings (SSSR count). The second kappa shape index (κ2) is 6.37. The van der Waals surface area contributed by atoms with Crippen LogP contribution in [0.4, 0.5) is 0 Å². The quantitative estimate of drug-likeness (QED) is 0.864. The molecule has 1 aromatic rings. The highest BCUT2D eigenvalue weighted by Gasteiger charge is 2.32. The second-order valence-electron chi connectivity index (χ2n) is 5.28. The molecular formula is C15H19ClN2O2. The molecule has 0 aromatic heterocycles. The van der Waals surface area contributed by atoms with Gasteiger partial charge < -0.3 is 5.32 Å². The molecule has 0 radical (unpaired) electrons. The van der Waals surface area contributed by atoms with Gasteiger partial charge in [0, 0.05) is 24.5 Å². The zero-order chi connectivity index (χ0) is 14.7. The fraction of sp³-hybridized carbons (Fsp3) is 0.467. The first-order valence-corrected chi connectivity index (χ1v) is 7.16. The Labute approximate surface area is 124 Å². The summed E-state index contributed by atoms with van der Waals surface area (Å²) in [5.74, 6) is -0.234. The van der Waals surface area contributed by atoms with Gasteiger partial charge in [-0.05, 0) is 37.5 Å². The number of amides is 2. The van der Waals surface area contributed by atoms with E-state index in [0.29, 0.717) is 12.8 Å². The Morgan fingerprint density at radius 1 is 1.35 bits per heavy atom. The van der Waals surface area contributed by atoms with Gasteiger partial charge in [-0.1, -0.05) is 23.7 Å². The maximum atomic E-state index is 12.0. The molecule has 2 unspecified atom stereocenters. The standard InChI is InChI=1S/C15H19ClN2O2/c1-10(9-11-3-5-12(16)6-4-11)17-13-7-8-14(19)18(2)15(13)20/h3-6,10,13,17H,7-9H2,1-2H3. The minimum atomic E-state index is -0.264. The van der Waals surface area contributed by atoms with Crippen molar-refractivity contribution in [2.24, 2.45) is 0 Å². The summed E-state index contributed by atoms with van der Waals surface area (Å²) < 4.78 is 0. The summed E-state index contributed by atoms with van der Waals surface area (Å²) in [5.41, 5.74) is 1.17. The van der Waals surface area contributed by atoms with Crippen molar-refractivity contribution >= 4 is 23.4 Å². The van der Waals surface area contributed by atoms with Crippen LogP contribution in [0, 0.1) is 0 Å². The molecule has 1 N–H and O–H groups in total. The van der Waals surface area contributed by atoms with Crippen LogP contribution in [0.25, 0.3) is 0 Å². The molecular weight excluding hydrogens is 276 g/mol. The molecule has 0 saturated carbocycles. The van der Waals surface area contributed by atoms with E-state index >= 15 is 0 Å². The number of hydrogen-bond acceptors (Lipinski definition) is 3. The number of halogens is 1. The highest BCUT2D eigenvalue weighted by molar-refractivity contribution is 6.30. The predicted octanol–water partition coefficient (Wildman–Crippen LogP) is 2.01. The van der Waals surface area contributed by atoms with Crippen LogP contribution in [0.15, 0.2) is 24.3 Å². The molecule has 1 aromatic carbocycles. The van der Waals surface area contributed by atoms with E-state index in [-0.39, 0.29) is 23.9 Å². The number of nitrogens with zero attached hydrogens (tertiary/aromatic N) is 1. The van der Waals surface area contributed by atoms with E-state index in [2.05, 4.69) is 5.32 Å². The van der Waals surface area contributed by atoms with Crippen LogP contribution in [0.3, 0.4) is 0 Å². The number of imide groups is 1. The van der Waals surface area contributed by atoms with E-state index in [1.54, 1.807) is 7.05 Å². The molecule has 2 atom stereocenters. The fourth-order valence-electron chi connectivity index (χ4n) is 2.45. The van der Waals surface area contributed by atoms with Crippen molar-refractivity contribution in [3.8, 4) is 0 Å². The molecule has 0 aliphatic carbocycles. The number of likely N-dealkylation sites (tertiary alicyclic amines) is 1. The van der Waals surface area contributed by atoms with Gasteiger partial charge in [-0.25, -0.2) is 0 Å². The Hall–Kier alpha value is -1.39. The van der Waals surface area contributed by atoms with Gasteiger partial charge in [0.1, 0.15) is 0 Å². The third-order valence-corrected chi connectivity index (χ3v) is 3.84. The lowest BCUT2D eigenvalue weighted by molar-refractivity contribution is -0.148. The lowest BCUT2D eigenvalue weighted by atomic mass is 10.0. The van der Waals surface area contributed by atoms with Gasteiger partial charge in [0.15, 0.2) is 0 Å². The maximum absolute atomic E-state index is 12.0. The molecule has 1 aliphatic rings. The summed E-state index contributed by atoms with van der Waals surface area (Å²) in [6, 6.07) is 7.59. The second-order valence-corrected chi connectivity index (χ2v) is 5.72. The van der Waals surface area contributed by atoms with Crippen molar-refractivity contribution in [1.82, 2.24) is 10.2 Å². The SMILES string of the molecule is CC(Cc1ccc(Cl)cc1)NC1CCC(=O)N(C)C1=O. The molecule has 108 valence electrons. The third kappa shape index (κ3) is 3.58. The van der Waals surface area contributed by atoms with Gasteiger partial charge in [0.25, 0.3) is 0 Å². The Morgan fingerprint density at radius 2 is 2.00 bits per heavy atom. The third-order valence-electron chi connectivity index (χ3n) is 3.59. The number of carbonyl (C=O) groups is 2. The lowest BCUT2D eigenvalue weighted by Crippen LogP contribution is -2.53. The van der Waals surface area contributed by atoms with Crippen LogP contribution in [-0.4, -0.2) is 35.8 Å². The van der Waals surface area contributed by atoms with Crippen LogP contribution in [0.5, 0.6) is 0 Å². The van der Waals surface area contributed by atoms with Gasteiger partial charge in [-0.3, -0.25) is 14.5 Å². The van der Waals surface area contributed by atoms with Gasteiger partial charge in [0.2, 0.25) is 11.8 Å². The molecule has 1 saturated heterocycles. The van der Waals surface area contributed by atoms with Crippen molar-refractivity contribution in [2.45, 2.75) is 38.3 Å². The molecule has 5 heteroatoms. The van der Waals surface area contributed by atoms with E-state index in [1.165, 1.54) is 10.5 Å². The van der Waals surface area contributed by atoms with Gasteiger partial charge >= 0.3 is 0 Å². The first-order chi connectivity index (χ1) is 9.47. The predicted molar refractivity (Wildman–Crippen MR) is 78.6 cm³/mol. The molecule has 0 spiro atoms. The summed E-state index contributed by atoms with van der Waals surface area (Å²) in [5, 5.41) is 4.03. The van der Waals surface area contributed by atoms with Crippen molar-refractivity contribution in [2.75, 3.05) is 7.05 Å². The van der Waals surface area contributed by atoms with Crippen LogP contribution in [0.1, 0.15) is 25.3 Å². The smallest absolute Gasteiger partial charge is 0.246 e. The number of rotatable bonds is 4. The molecule has 1 heterocycles. The molecule has 4 nitrogen and oxygen atoms in total. The summed E-state index contributed by atoms with van der Waals surface area (Å²) in [7, 11) is 1.54. The van der Waals surface area contributed by atoms with Crippen molar-refractivity contribution < 1.29 is 9.59 Å². The molecule has 1 aliphatic heterocycles. The molecule has 1 fully saturated rings. The first-order valence-electron chi connectivity index (χ1n) is 6.78. The average Bonchev–Trinajstić information content (AvgIpc) is 2.42. The molecule has 20 heavy (non-hydrogen) atoms. The van der Waals surface area contributed by atoms with Crippen LogP contribution >= 0.6 is 11.6 Å². The van der Waals surface area contributed by atoms with Gasteiger partial charge in [-0.15, -0.1) is 0 Å². The minimum Gasteiger partial charge on any atom is -0.303 e. The topological polar surface area (TPSA) is 49.4 Å². The number of carbonyl (C=O) groups excluding carboxylic acids is 2. The first kappa shape index (κ1) is 15.0. The van der Waals surface area contributed by atoms with Crippen LogP contribution < -0.4 is 5.32 Å². The number of nitrogens with one attached hydrogen (secondary N) is 1. The largest absolute Gasteiger partial charge is 0.303 e. The lowest BCUT2D eigenvalue weighted by Gasteiger charge is -2.30. The van der Waals surface area contributed by atoms with E-state index in [9.17, 15) is 9.59 Å². The number of hydrogen-bond donors (Lipinski definition) is 1. The number of piperidine rings is 1. The number of benzene rings is 1. The van der Waals surface area contributed by atoms with E-state index in [0.717, 1.165) is 11.4 Å². The summed E-state index contributed by atoms with van der Waals surface area (Å²) in [6.45, 7) is 2.04. The fourth-order valence-corrected chi connectivity index (χ4v) is 2.57. The maximum Gasteiger partial charge on any atom is 0.246 e. The summed E-state index contributed by atoms with van der Waals surface area (Å²) >= 11 is 5.85. The Kier molecular flexibility index (Phi) is 4.78.